The van der Waals surface area contributed by atoms with E-state index >= 15 is 0 Å². The molecule has 1 aromatic carbocycles. The predicted octanol–water partition coefficient (Wildman–Crippen LogP) is 2.69. The summed E-state index contributed by atoms with van der Waals surface area (Å²) >= 11 is 0. The quantitative estimate of drug-likeness (QED) is 0.497. The van der Waals surface area contributed by atoms with E-state index in [2.05, 4.69) is 15.2 Å². The molecular weight excluding hydrogens is 502 g/mol. The lowest BCUT2D eigenvalue weighted by Gasteiger charge is -2.35. The smallest absolute Gasteiger partial charge is 0.241 e. The van der Waals surface area contributed by atoms with Gasteiger partial charge in [0.25, 0.3) is 0 Å². The molecule has 1 aliphatic heterocycles. The van der Waals surface area contributed by atoms with Crippen LogP contribution in [0.25, 0.3) is 0 Å². The van der Waals surface area contributed by atoms with Crippen molar-refractivity contribution in [1.82, 2.24) is 19.5 Å². The fourth-order valence-corrected chi connectivity index (χ4v) is 6.80. The molecule has 2 amide bonds. The monoisotopic (exact) mass is 541 g/mol. The van der Waals surface area contributed by atoms with Gasteiger partial charge in [-0.15, -0.1) is 0 Å². The molecule has 0 radical (unpaired) electrons. The number of piperidine rings is 1. The molecule has 1 atom stereocenters. The zero-order chi connectivity index (χ0) is 27.4. The summed E-state index contributed by atoms with van der Waals surface area (Å²) in [6.45, 7) is 6.30. The van der Waals surface area contributed by atoms with Crippen LogP contribution in [0.15, 0.2) is 41.6 Å². The SMILES string of the molecule is COc1cc(C)c(S(=O)N(C)C2(C(=O)NCC(=O)N(C)CC3CCN(c4ccncc4)CC3)CC2)c(C)c1. The number of nitrogens with zero attached hydrogens (tertiary/aromatic N) is 4. The van der Waals surface area contributed by atoms with E-state index < -0.39 is 16.5 Å². The van der Waals surface area contributed by atoms with E-state index in [0.29, 0.717) is 35.9 Å². The number of carbonyl (C=O) groups is 2. The summed E-state index contributed by atoms with van der Waals surface area (Å²) < 4.78 is 20.5. The highest BCUT2D eigenvalue weighted by molar-refractivity contribution is 7.82. The number of pyridine rings is 1. The van der Waals surface area contributed by atoms with Crippen molar-refractivity contribution in [3.05, 3.63) is 47.8 Å². The average molecular weight is 542 g/mol. The van der Waals surface area contributed by atoms with E-state index in [9.17, 15) is 13.8 Å². The molecule has 4 rings (SSSR count). The van der Waals surface area contributed by atoms with Gasteiger partial charge >= 0.3 is 0 Å². The Morgan fingerprint density at radius 3 is 2.29 bits per heavy atom. The second-order valence-corrected chi connectivity index (χ2v) is 11.9. The van der Waals surface area contributed by atoms with Gasteiger partial charge in [-0.2, -0.15) is 0 Å². The van der Waals surface area contributed by atoms with Gasteiger partial charge in [-0.25, -0.2) is 8.51 Å². The van der Waals surface area contributed by atoms with Crippen molar-refractivity contribution in [2.45, 2.75) is 50.0 Å². The van der Waals surface area contributed by atoms with Crippen molar-refractivity contribution in [3.63, 3.8) is 0 Å². The Morgan fingerprint density at radius 2 is 1.74 bits per heavy atom. The fourth-order valence-electron chi connectivity index (χ4n) is 5.28. The maximum atomic E-state index is 13.5. The first-order valence-electron chi connectivity index (χ1n) is 13.1. The standard InChI is InChI=1S/C28H39N5O4S/c1-20-16-24(37-5)17-21(2)26(20)38(36)32(4)28(10-11-28)27(35)30-18-25(34)31(3)19-22-8-14-33(15-9-22)23-6-12-29-13-7-23/h6-7,12-13,16-17,22H,8-11,14-15,18-19H2,1-5H3,(H,30,35). The molecule has 1 unspecified atom stereocenters. The lowest BCUT2D eigenvalue weighted by molar-refractivity contribution is -0.133. The molecule has 1 aliphatic carbocycles. The van der Waals surface area contributed by atoms with Gasteiger partial charge in [0, 0.05) is 51.8 Å². The number of aromatic nitrogens is 1. The van der Waals surface area contributed by atoms with Gasteiger partial charge in [-0.05, 0) is 80.8 Å². The van der Waals surface area contributed by atoms with Gasteiger partial charge < -0.3 is 19.9 Å². The maximum Gasteiger partial charge on any atom is 0.241 e. The number of carbonyl (C=O) groups excluding carboxylic acids is 2. The molecule has 10 heteroatoms. The van der Waals surface area contributed by atoms with E-state index in [1.54, 1.807) is 30.4 Å². The van der Waals surface area contributed by atoms with Crippen LogP contribution in [0.2, 0.25) is 0 Å². The highest BCUT2D eigenvalue weighted by Crippen LogP contribution is 2.43. The molecule has 0 spiro atoms. The van der Waals surface area contributed by atoms with Crippen molar-refractivity contribution in [2.75, 3.05) is 52.3 Å². The number of anilines is 1. The number of methoxy groups -OCH3 is 1. The van der Waals surface area contributed by atoms with Crippen LogP contribution < -0.4 is 15.0 Å². The third-order valence-corrected chi connectivity index (χ3v) is 9.68. The molecule has 206 valence electrons. The van der Waals surface area contributed by atoms with Crippen molar-refractivity contribution < 1.29 is 18.5 Å². The van der Waals surface area contributed by atoms with E-state index in [4.69, 9.17) is 4.74 Å². The number of nitrogens with one attached hydrogen (secondary N) is 1. The van der Waals surface area contributed by atoms with Gasteiger partial charge in [0.1, 0.15) is 22.3 Å². The van der Waals surface area contributed by atoms with Crippen molar-refractivity contribution in [2.24, 2.45) is 5.92 Å². The summed E-state index contributed by atoms with van der Waals surface area (Å²) in [7, 11) is 3.60. The number of benzene rings is 1. The third-order valence-electron chi connectivity index (χ3n) is 7.84. The summed E-state index contributed by atoms with van der Waals surface area (Å²) in [5.41, 5.74) is 2.03. The second kappa shape index (κ2) is 11.8. The third kappa shape index (κ3) is 6.02. The Balaban J connectivity index is 1.27. The Bertz CT molecular complexity index is 1160. The first-order valence-corrected chi connectivity index (χ1v) is 14.2. The van der Waals surface area contributed by atoms with Crippen LogP contribution in [-0.2, 0) is 20.6 Å². The number of rotatable bonds is 10. The molecule has 2 aromatic rings. The number of aryl methyl sites for hydroxylation is 2. The minimum atomic E-state index is -1.52. The lowest BCUT2D eigenvalue weighted by Crippen LogP contribution is -2.51. The van der Waals surface area contributed by atoms with Crippen LogP contribution in [0.3, 0.4) is 0 Å². The lowest BCUT2D eigenvalue weighted by atomic mass is 9.96. The summed E-state index contributed by atoms with van der Waals surface area (Å²) in [6, 6.07) is 7.76. The topological polar surface area (TPSA) is 95.1 Å². The molecular formula is C28H39N5O4S. The van der Waals surface area contributed by atoms with Crippen molar-refractivity contribution >= 4 is 28.5 Å². The largest absolute Gasteiger partial charge is 0.497 e. The van der Waals surface area contributed by atoms with E-state index in [-0.39, 0.29) is 18.4 Å². The number of hydrogen-bond acceptors (Lipinski definition) is 6. The summed E-state index contributed by atoms with van der Waals surface area (Å²) in [5, 5.41) is 2.83. The first kappa shape index (κ1) is 28.0. The summed E-state index contributed by atoms with van der Waals surface area (Å²) in [6.07, 6.45) is 6.85. The highest BCUT2D eigenvalue weighted by Gasteiger charge is 2.55. The van der Waals surface area contributed by atoms with Crippen LogP contribution in [0.4, 0.5) is 5.69 Å². The Morgan fingerprint density at radius 1 is 1.13 bits per heavy atom. The summed E-state index contributed by atoms with van der Waals surface area (Å²) in [4.78, 5) is 34.9. The van der Waals surface area contributed by atoms with Crippen LogP contribution in [0, 0.1) is 19.8 Å². The fraction of sp³-hybridized carbons (Fsp3) is 0.536. The van der Waals surface area contributed by atoms with Gasteiger partial charge in [-0.1, -0.05) is 0 Å². The van der Waals surface area contributed by atoms with Crippen molar-refractivity contribution in [1.29, 1.82) is 0 Å². The molecule has 1 N–H and O–H groups in total. The minimum absolute atomic E-state index is 0.0615. The molecule has 2 fully saturated rings. The molecule has 2 heterocycles. The average Bonchev–Trinajstić information content (AvgIpc) is 3.73. The molecule has 1 saturated heterocycles. The van der Waals surface area contributed by atoms with E-state index in [1.165, 1.54) is 5.69 Å². The van der Waals surface area contributed by atoms with Gasteiger partial charge in [0.05, 0.1) is 18.6 Å². The van der Waals surface area contributed by atoms with Gasteiger partial charge in [0.2, 0.25) is 11.8 Å². The molecule has 0 bridgehead atoms. The molecule has 1 aromatic heterocycles. The number of likely N-dealkylation sites (N-methyl/N-ethyl adjacent to an activating group) is 2. The van der Waals surface area contributed by atoms with Crippen LogP contribution in [0.1, 0.15) is 36.8 Å². The van der Waals surface area contributed by atoms with E-state index in [0.717, 1.165) is 37.1 Å². The number of ether oxygens (including phenoxy) is 1. The number of hydrogen-bond donors (Lipinski definition) is 1. The molecule has 9 nitrogen and oxygen atoms in total. The first-order chi connectivity index (χ1) is 18.2. The van der Waals surface area contributed by atoms with Crippen molar-refractivity contribution in [3.8, 4) is 5.75 Å². The molecule has 1 saturated carbocycles. The number of amides is 2. The summed E-state index contributed by atoms with van der Waals surface area (Å²) in [5.74, 6) is 0.780. The second-order valence-electron chi connectivity index (χ2n) is 10.5. The highest BCUT2D eigenvalue weighted by atomic mass is 32.2. The maximum absolute atomic E-state index is 13.5. The van der Waals surface area contributed by atoms with Gasteiger partial charge in [-0.3, -0.25) is 14.6 Å². The molecule has 2 aliphatic rings. The Hall–Kier alpha value is -2.98. The molecule has 38 heavy (non-hydrogen) atoms. The zero-order valence-corrected chi connectivity index (χ0v) is 23.8. The zero-order valence-electron chi connectivity index (χ0n) is 23.0. The van der Waals surface area contributed by atoms with Crippen LogP contribution in [-0.4, -0.2) is 83.1 Å². The van der Waals surface area contributed by atoms with Crippen LogP contribution in [0.5, 0.6) is 5.75 Å². The normalized spacial score (nSPS) is 17.7. The van der Waals surface area contributed by atoms with E-state index in [1.807, 2.05) is 50.5 Å². The Labute approximate surface area is 228 Å². The predicted molar refractivity (Wildman–Crippen MR) is 148 cm³/mol. The van der Waals surface area contributed by atoms with Crippen LogP contribution >= 0.6 is 0 Å². The van der Waals surface area contributed by atoms with Gasteiger partial charge in [0.15, 0.2) is 0 Å². The Kier molecular flexibility index (Phi) is 8.72. The minimum Gasteiger partial charge on any atom is -0.497 e.